The van der Waals surface area contributed by atoms with Gasteiger partial charge in [-0.15, -0.1) is 0 Å². The maximum absolute atomic E-state index is 11.8. The van der Waals surface area contributed by atoms with E-state index in [9.17, 15) is 14.7 Å². The number of hydrogen-bond donors (Lipinski definition) is 1. The van der Waals surface area contributed by atoms with Crippen LogP contribution in [0.5, 0.6) is 0 Å². The molecule has 0 radical (unpaired) electrons. The molecule has 11 atom stereocenters. The number of fused-ring (bicyclic) bond motifs is 5. The average molecular weight is 509 g/mol. The summed E-state index contributed by atoms with van der Waals surface area (Å²) >= 11 is 0. The van der Waals surface area contributed by atoms with Crippen LogP contribution in [0.25, 0.3) is 0 Å². The van der Waals surface area contributed by atoms with Gasteiger partial charge in [0, 0.05) is 20.5 Å². The van der Waals surface area contributed by atoms with Gasteiger partial charge in [-0.3, -0.25) is 9.59 Å². The summed E-state index contributed by atoms with van der Waals surface area (Å²) in [5.41, 5.74) is 0.227. The monoisotopic (exact) mass is 508 g/mol. The van der Waals surface area contributed by atoms with Crippen molar-refractivity contribution >= 4 is 11.9 Å². The van der Waals surface area contributed by atoms with E-state index in [2.05, 4.69) is 20.8 Å². The molecule has 0 aromatic carbocycles. The zero-order chi connectivity index (χ0) is 26.3. The Morgan fingerprint density at radius 3 is 2.42 bits per heavy atom. The Labute approximate surface area is 217 Å². The Balaban J connectivity index is 1.60. The minimum absolute atomic E-state index is 0.00681. The molecule has 0 heterocycles. The lowest BCUT2D eigenvalue weighted by molar-refractivity contribution is -0.224. The molecule has 7 heteroatoms. The Morgan fingerprint density at radius 2 is 1.75 bits per heavy atom. The van der Waals surface area contributed by atoms with Crippen molar-refractivity contribution in [1.82, 2.24) is 0 Å². The smallest absolute Gasteiger partial charge is 0.305 e. The van der Waals surface area contributed by atoms with Gasteiger partial charge in [0.05, 0.1) is 19.3 Å². The van der Waals surface area contributed by atoms with Gasteiger partial charge in [0.15, 0.2) is 0 Å². The number of ether oxygens (including phenoxy) is 4. The van der Waals surface area contributed by atoms with Crippen molar-refractivity contribution < 1.29 is 33.6 Å². The first-order valence-electron chi connectivity index (χ1n) is 14.1. The maximum atomic E-state index is 11.8. The van der Waals surface area contributed by atoms with Gasteiger partial charge < -0.3 is 24.1 Å². The molecule has 4 aliphatic carbocycles. The average Bonchev–Trinajstić information content (AvgIpc) is 3.18. The highest BCUT2D eigenvalue weighted by atomic mass is 16.7. The van der Waals surface area contributed by atoms with Crippen molar-refractivity contribution in [1.29, 1.82) is 0 Å². The number of esters is 2. The molecular formula is C29H48O7. The van der Waals surface area contributed by atoms with Crippen LogP contribution in [-0.4, -0.2) is 56.4 Å². The lowest BCUT2D eigenvalue weighted by Crippen LogP contribution is -2.61. The molecule has 36 heavy (non-hydrogen) atoms. The van der Waals surface area contributed by atoms with Gasteiger partial charge >= 0.3 is 11.9 Å². The van der Waals surface area contributed by atoms with E-state index < -0.39 is 12.2 Å². The second kappa shape index (κ2) is 10.9. The minimum atomic E-state index is -0.619. The Bertz CT molecular complexity index is 800. The predicted octanol–water partition coefficient (Wildman–Crippen LogP) is 4.74. The van der Waals surface area contributed by atoms with Crippen LogP contribution < -0.4 is 0 Å². The van der Waals surface area contributed by atoms with Gasteiger partial charge in [0.2, 0.25) is 0 Å². The Morgan fingerprint density at radius 1 is 1.03 bits per heavy atom. The van der Waals surface area contributed by atoms with Crippen LogP contribution >= 0.6 is 0 Å². The first kappa shape index (κ1) is 27.8. The second-order valence-corrected chi connectivity index (χ2v) is 12.8. The largest absolute Gasteiger partial charge is 0.469 e. The molecular weight excluding hydrogens is 460 g/mol. The predicted molar refractivity (Wildman–Crippen MR) is 135 cm³/mol. The zero-order valence-corrected chi connectivity index (χ0v) is 23.2. The topological polar surface area (TPSA) is 91.3 Å². The second-order valence-electron chi connectivity index (χ2n) is 12.8. The van der Waals surface area contributed by atoms with Crippen LogP contribution in [0.1, 0.15) is 85.5 Å². The first-order valence-corrected chi connectivity index (χ1v) is 14.1. The van der Waals surface area contributed by atoms with Crippen molar-refractivity contribution in [3.05, 3.63) is 0 Å². The molecule has 4 saturated carbocycles. The van der Waals surface area contributed by atoms with Gasteiger partial charge in [-0.2, -0.15) is 0 Å². The highest BCUT2D eigenvalue weighted by molar-refractivity contribution is 5.69. The SMILES string of the molecule is COCO[C@H]1C[C@@H]2C[C@@H](O)[C@H](OC(C)=O)C[C@]2(C)[C@H]2CC[C@]3(C)[C@@H]([C@H](C)CCC(=O)OC)CC[C@H]3[C@H]12. The third-order valence-electron chi connectivity index (χ3n) is 11.2. The van der Waals surface area contributed by atoms with Crippen molar-refractivity contribution in [2.24, 2.45) is 46.3 Å². The van der Waals surface area contributed by atoms with E-state index in [4.69, 9.17) is 18.9 Å². The number of aliphatic hydroxyl groups is 1. The molecule has 0 unspecified atom stereocenters. The number of carbonyl (C=O) groups excluding carboxylic acids is 2. The van der Waals surface area contributed by atoms with Gasteiger partial charge in [-0.25, -0.2) is 0 Å². The number of aliphatic hydroxyl groups excluding tert-OH is 1. The fraction of sp³-hybridized carbons (Fsp3) is 0.931. The summed E-state index contributed by atoms with van der Waals surface area (Å²) in [5, 5.41) is 10.8. The number of hydrogen-bond acceptors (Lipinski definition) is 7. The summed E-state index contributed by atoms with van der Waals surface area (Å²) < 4.78 is 22.3. The van der Waals surface area contributed by atoms with Gasteiger partial charge in [-0.1, -0.05) is 20.8 Å². The van der Waals surface area contributed by atoms with E-state index in [-0.39, 0.29) is 28.9 Å². The van der Waals surface area contributed by atoms with E-state index in [1.807, 2.05) is 0 Å². The summed E-state index contributed by atoms with van der Waals surface area (Å²) in [6, 6.07) is 0. The molecule has 0 saturated heterocycles. The molecule has 1 N–H and O–H groups in total. The molecule has 0 spiro atoms. The van der Waals surface area contributed by atoms with E-state index in [1.54, 1.807) is 7.11 Å². The molecule has 0 aromatic rings. The van der Waals surface area contributed by atoms with Crippen LogP contribution in [0, 0.1) is 46.3 Å². The summed E-state index contributed by atoms with van der Waals surface area (Å²) in [7, 11) is 3.15. The summed E-state index contributed by atoms with van der Waals surface area (Å²) in [5.74, 6) is 2.40. The van der Waals surface area contributed by atoms with Crippen LogP contribution in [0.15, 0.2) is 0 Å². The molecule has 4 aliphatic rings. The minimum Gasteiger partial charge on any atom is -0.469 e. The number of methoxy groups -OCH3 is 2. The fourth-order valence-electron chi connectivity index (χ4n) is 9.48. The van der Waals surface area contributed by atoms with E-state index in [0.717, 1.165) is 25.7 Å². The number of rotatable bonds is 8. The molecule has 0 amide bonds. The molecule has 0 aliphatic heterocycles. The third-order valence-corrected chi connectivity index (χ3v) is 11.2. The molecule has 0 aromatic heterocycles. The lowest BCUT2D eigenvalue weighted by Gasteiger charge is -2.63. The quantitative estimate of drug-likeness (QED) is 0.374. The maximum Gasteiger partial charge on any atom is 0.305 e. The highest BCUT2D eigenvalue weighted by Gasteiger charge is 2.64. The first-order chi connectivity index (χ1) is 17.0. The third kappa shape index (κ3) is 4.96. The summed E-state index contributed by atoms with van der Waals surface area (Å²) in [4.78, 5) is 23.6. The van der Waals surface area contributed by atoms with E-state index in [0.29, 0.717) is 55.1 Å². The van der Waals surface area contributed by atoms with Crippen LogP contribution in [0.3, 0.4) is 0 Å². The molecule has 4 fully saturated rings. The van der Waals surface area contributed by atoms with Gasteiger partial charge in [0.25, 0.3) is 0 Å². The van der Waals surface area contributed by atoms with Crippen molar-refractivity contribution in [3.63, 3.8) is 0 Å². The van der Waals surface area contributed by atoms with E-state index in [1.165, 1.54) is 33.3 Å². The fourth-order valence-corrected chi connectivity index (χ4v) is 9.48. The van der Waals surface area contributed by atoms with Gasteiger partial charge in [0.1, 0.15) is 12.9 Å². The van der Waals surface area contributed by atoms with E-state index >= 15 is 0 Å². The Hall–Kier alpha value is -1.18. The zero-order valence-electron chi connectivity index (χ0n) is 23.2. The highest BCUT2D eigenvalue weighted by Crippen LogP contribution is 2.68. The van der Waals surface area contributed by atoms with Crippen LogP contribution in [0.2, 0.25) is 0 Å². The standard InChI is InChI=1S/C29H48O7/c1-17(7-10-26(32)34-6)20-8-9-21-27-22(11-12-28(20,21)3)29(4)15-25(36-18(2)30)23(31)13-19(29)14-24(27)35-16-33-5/h17,19-25,27,31H,7-16H2,1-6H3/t17-,19+,20-,21+,22+,23-,24+,25-,27+,28-,29+/m1/s1. The van der Waals surface area contributed by atoms with Crippen LogP contribution in [0.4, 0.5) is 0 Å². The molecule has 206 valence electrons. The summed E-state index contributed by atoms with van der Waals surface area (Å²) in [6.07, 6.45) is 7.40. The molecule has 4 rings (SSSR count). The van der Waals surface area contributed by atoms with Crippen molar-refractivity contribution in [2.45, 2.75) is 104 Å². The summed E-state index contributed by atoms with van der Waals surface area (Å²) in [6.45, 7) is 8.92. The number of carbonyl (C=O) groups is 2. The van der Waals surface area contributed by atoms with Crippen molar-refractivity contribution in [2.75, 3.05) is 21.0 Å². The van der Waals surface area contributed by atoms with Crippen molar-refractivity contribution in [3.8, 4) is 0 Å². The molecule has 0 bridgehead atoms. The normalized spacial score (nSPS) is 44.6. The molecule has 7 nitrogen and oxygen atoms in total. The van der Waals surface area contributed by atoms with Gasteiger partial charge in [-0.05, 0) is 97.7 Å². The Kier molecular flexibility index (Phi) is 8.43. The van der Waals surface area contributed by atoms with Crippen LogP contribution in [-0.2, 0) is 28.5 Å². The lowest BCUT2D eigenvalue weighted by atomic mass is 9.43.